The van der Waals surface area contributed by atoms with Crippen LogP contribution in [0.4, 0.5) is 0 Å². The molecule has 1 aromatic heterocycles. The highest BCUT2D eigenvalue weighted by Crippen LogP contribution is 2.63. The minimum atomic E-state index is -0.986. The summed E-state index contributed by atoms with van der Waals surface area (Å²) in [5, 5.41) is 2.45. The topological polar surface area (TPSA) is 9.23 Å². The molecule has 2 atom stereocenters. The van der Waals surface area contributed by atoms with E-state index in [-0.39, 0.29) is 0 Å². The van der Waals surface area contributed by atoms with E-state index >= 15 is 0 Å². The fourth-order valence-electron chi connectivity index (χ4n) is 8.01. The number of fused-ring (bicyclic) bond motifs is 9. The van der Waals surface area contributed by atoms with Crippen molar-refractivity contribution in [3.8, 4) is 44.6 Å². The van der Waals surface area contributed by atoms with Gasteiger partial charge in [-0.2, -0.15) is 0 Å². The van der Waals surface area contributed by atoms with Crippen LogP contribution in [0.3, 0.4) is 0 Å². The number of benzene rings is 6. The van der Waals surface area contributed by atoms with E-state index in [1.54, 1.807) is 0 Å². The summed E-state index contributed by atoms with van der Waals surface area (Å²) in [5.41, 5.74) is 11.9. The van der Waals surface area contributed by atoms with Crippen LogP contribution < -0.4 is 0 Å². The summed E-state index contributed by atoms with van der Waals surface area (Å²) in [6.07, 6.45) is 0. The zero-order chi connectivity index (χ0) is 34.0. The second-order valence-corrected chi connectivity index (χ2v) is 14.5. The molecule has 2 bridgehead atoms. The van der Waals surface area contributed by atoms with Gasteiger partial charge in [0.25, 0.3) is 0 Å². The largest absolute Gasteiger partial charge is 0.326 e. The smallest absolute Gasteiger partial charge is 0.183 e. The van der Waals surface area contributed by atoms with Crippen molar-refractivity contribution in [1.29, 1.82) is 0 Å². The van der Waals surface area contributed by atoms with Gasteiger partial charge in [0.15, 0.2) is 11.2 Å². The molecule has 0 saturated heterocycles. The molecular weight excluding hydrogens is 625 g/mol. The molecule has 7 aromatic rings. The lowest BCUT2D eigenvalue weighted by Gasteiger charge is -2.25. The van der Waals surface area contributed by atoms with E-state index in [2.05, 4.69) is 148 Å². The molecule has 2 unspecified atom stereocenters. The van der Waals surface area contributed by atoms with Gasteiger partial charge in [-0.15, -0.1) is 11.3 Å². The summed E-state index contributed by atoms with van der Waals surface area (Å²) >= 11 is 1.90. The lowest BCUT2D eigenvalue weighted by atomic mass is 9.72. The molecule has 238 valence electrons. The van der Waals surface area contributed by atoms with E-state index in [1.807, 2.05) is 47.7 Å². The predicted octanol–water partition coefficient (Wildman–Crippen LogP) is 11.4. The van der Waals surface area contributed by atoms with Crippen molar-refractivity contribution in [2.45, 2.75) is 38.9 Å². The molecule has 0 aliphatic carbocycles. The van der Waals surface area contributed by atoms with Crippen molar-refractivity contribution in [1.82, 2.24) is 0 Å². The standard InChI is InChI=1S/C48H34OS/c1-31-15-13-16-32(2)43(31)45-37-29-41-42(30-38(37)46(50-45)44-33(3)17-14-18-34(44)4)48(28-26-36-21-9-6-10-22-36)40-24-12-11-23-39(40)47(41,49-48)27-25-35-19-7-5-8-20-35/h5-24,29-30H,1-4H3. The highest BCUT2D eigenvalue weighted by Gasteiger charge is 2.62. The number of hydrogen-bond acceptors (Lipinski definition) is 2. The fraction of sp³-hybridized carbons (Fsp3) is 0.125. The van der Waals surface area contributed by atoms with Crippen LogP contribution in [0.25, 0.3) is 31.7 Å². The third-order valence-electron chi connectivity index (χ3n) is 10.3. The van der Waals surface area contributed by atoms with Crippen molar-refractivity contribution in [3.05, 3.63) is 189 Å². The van der Waals surface area contributed by atoms with Crippen molar-refractivity contribution in [2.75, 3.05) is 0 Å². The van der Waals surface area contributed by atoms with Gasteiger partial charge in [0.2, 0.25) is 0 Å². The average molecular weight is 659 g/mol. The number of rotatable bonds is 2. The zero-order valence-electron chi connectivity index (χ0n) is 28.5. The number of hydrogen-bond donors (Lipinski definition) is 0. The van der Waals surface area contributed by atoms with Crippen molar-refractivity contribution in [3.63, 3.8) is 0 Å². The minimum Gasteiger partial charge on any atom is -0.326 e. The Balaban J connectivity index is 1.42. The van der Waals surface area contributed by atoms with Gasteiger partial charge in [-0.05, 0) is 97.5 Å². The Labute approximate surface area is 298 Å². The molecular formula is C48H34OS. The maximum Gasteiger partial charge on any atom is 0.183 e. The molecule has 2 aliphatic rings. The Bertz CT molecular complexity index is 2400. The van der Waals surface area contributed by atoms with E-state index in [4.69, 9.17) is 4.74 Å². The van der Waals surface area contributed by atoms with E-state index < -0.39 is 11.2 Å². The molecule has 9 rings (SSSR count). The summed E-state index contributed by atoms with van der Waals surface area (Å²) in [7, 11) is 0. The van der Waals surface area contributed by atoms with E-state index in [0.717, 1.165) is 33.4 Å². The van der Waals surface area contributed by atoms with Gasteiger partial charge in [0.05, 0.1) is 0 Å². The molecule has 0 amide bonds. The first-order chi connectivity index (χ1) is 24.4. The molecule has 0 spiro atoms. The first-order valence-corrected chi connectivity index (χ1v) is 17.9. The Kier molecular flexibility index (Phi) is 6.98. The minimum absolute atomic E-state index is 0.953. The molecule has 50 heavy (non-hydrogen) atoms. The summed E-state index contributed by atoms with van der Waals surface area (Å²) in [6.45, 7) is 8.90. The Morgan fingerprint density at radius 2 is 0.820 bits per heavy atom. The zero-order valence-corrected chi connectivity index (χ0v) is 29.3. The monoisotopic (exact) mass is 658 g/mol. The Morgan fingerprint density at radius 3 is 1.22 bits per heavy atom. The van der Waals surface area contributed by atoms with Gasteiger partial charge in [-0.3, -0.25) is 0 Å². The van der Waals surface area contributed by atoms with E-state index in [9.17, 15) is 0 Å². The second kappa shape index (κ2) is 11.5. The SMILES string of the molecule is Cc1cccc(C)c1-c1sc(-c2c(C)cccc2C)c2cc3c(cc12)C1(C#Cc2ccccc2)OC3(C#Cc2ccccc2)c2ccccc21. The lowest BCUT2D eigenvalue weighted by Crippen LogP contribution is -2.24. The van der Waals surface area contributed by atoms with E-state index in [0.29, 0.717) is 0 Å². The van der Waals surface area contributed by atoms with Crippen LogP contribution in [-0.4, -0.2) is 0 Å². The first kappa shape index (κ1) is 30.4. The van der Waals surface area contributed by atoms with Crippen LogP contribution in [-0.2, 0) is 15.9 Å². The summed E-state index contributed by atoms with van der Waals surface area (Å²) in [6, 6.07) is 46.9. The summed E-state index contributed by atoms with van der Waals surface area (Å²) in [4.78, 5) is 2.56. The Hall–Kier alpha value is -5.64. The molecule has 0 N–H and O–H groups in total. The molecule has 6 aromatic carbocycles. The molecule has 2 heteroatoms. The fourth-order valence-corrected chi connectivity index (χ4v) is 9.62. The maximum atomic E-state index is 7.41. The third-order valence-corrected chi connectivity index (χ3v) is 11.6. The molecule has 0 radical (unpaired) electrons. The van der Waals surface area contributed by atoms with Gasteiger partial charge >= 0.3 is 0 Å². The molecule has 0 fully saturated rings. The van der Waals surface area contributed by atoms with Gasteiger partial charge in [0.1, 0.15) is 0 Å². The highest BCUT2D eigenvalue weighted by molar-refractivity contribution is 7.21. The molecule has 2 aliphatic heterocycles. The highest BCUT2D eigenvalue weighted by atomic mass is 32.1. The number of aryl methyl sites for hydroxylation is 4. The van der Waals surface area contributed by atoms with Gasteiger partial charge in [-0.25, -0.2) is 0 Å². The van der Waals surface area contributed by atoms with Gasteiger partial charge < -0.3 is 4.74 Å². The van der Waals surface area contributed by atoms with Crippen molar-refractivity contribution >= 4 is 22.1 Å². The average Bonchev–Trinajstić information content (AvgIpc) is 3.74. The normalized spacial score (nSPS) is 18.2. The second-order valence-electron chi connectivity index (χ2n) is 13.5. The third kappa shape index (κ3) is 4.47. The lowest BCUT2D eigenvalue weighted by molar-refractivity contribution is -0.00478. The van der Waals surface area contributed by atoms with Crippen molar-refractivity contribution in [2.24, 2.45) is 0 Å². The van der Waals surface area contributed by atoms with Crippen molar-refractivity contribution < 1.29 is 4.74 Å². The number of ether oxygens (including phenoxy) is 1. The van der Waals surface area contributed by atoms with Crippen LogP contribution in [0.2, 0.25) is 0 Å². The van der Waals surface area contributed by atoms with Crippen LogP contribution >= 0.6 is 11.3 Å². The molecule has 0 saturated carbocycles. The van der Waals surface area contributed by atoms with Crippen LogP contribution in [0.1, 0.15) is 55.6 Å². The van der Waals surface area contributed by atoms with Crippen LogP contribution in [0, 0.1) is 51.4 Å². The van der Waals surface area contributed by atoms with E-state index in [1.165, 1.54) is 53.9 Å². The van der Waals surface area contributed by atoms with Crippen LogP contribution in [0.15, 0.2) is 133 Å². The van der Waals surface area contributed by atoms with Crippen LogP contribution in [0.5, 0.6) is 0 Å². The van der Waals surface area contributed by atoms with Gasteiger partial charge in [0, 0.05) is 53.9 Å². The summed E-state index contributed by atoms with van der Waals surface area (Å²) in [5.74, 6) is 14.4. The maximum absolute atomic E-state index is 7.41. The molecule has 3 heterocycles. The summed E-state index contributed by atoms with van der Waals surface area (Å²) < 4.78 is 7.41. The molecule has 1 nitrogen and oxygen atoms in total. The Morgan fingerprint density at radius 1 is 0.440 bits per heavy atom. The van der Waals surface area contributed by atoms with Gasteiger partial charge in [-0.1, -0.05) is 121 Å². The quantitative estimate of drug-likeness (QED) is 0.168. The first-order valence-electron chi connectivity index (χ1n) is 17.1. The number of thiophene rings is 1. The predicted molar refractivity (Wildman–Crippen MR) is 207 cm³/mol.